The van der Waals surface area contributed by atoms with Crippen LogP contribution in [0.25, 0.3) is 0 Å². The van der Waals surface area contributed by atoms with Gasteiger partial charge in [-0.15, -0.1) is 0 Å². The molecule has 0 spiro atoms. The molecule has 0 bridgehead atoms. The van der Waals surface area contributed by atoms with E-state index in [1.807, 2.05) is 48.5 Å². The molecule has 2 aromatic rings. The fourth-order valence-electron chi connectivity index (χ4n) is 2.93. The van der Waals surface area contributed by atoms with Gasteiger partial charge in [-0.2, -0.15) is 0 Å². The summed E-state index contributed by atoms with van der Waals surface area (Å²) < 4.78 is 5.31. The van der Waals surface area contributed by atoms with Crippen molar-refractivity contribution in [1.82, 2.24) is 0 Å². The van der Waals surface area contributed by atoms with E-state index in [-0.39, 0.29) is 5.92 Å². The van der Waals surface area contributed by atoms with E-state index in [2.05, 4.69) is 19.1 Å². The minimum atomic E-state index is -1.12. The lowest BCUT2D eigenvalue weighted by atomic mass is 9.86. The average molecular weight is 312 g/mol. The van der Waals surface area contributed by atoms with Gasteiger partial charge in [-0.1, -0.05) is 67.6 Å². The molecule has 23 heavy (non-hydrogen) atoms. The second-order valence-electron chi connectivity index (χ2n) is 5.87. The molecule has 0 saturated heterocycles. The van der Waals surface area contributed by atoms with Gasteiger partial charge in [0.15, 0.2) is 5.72 Å². The summed E-state index contributed by atoms with van der Waals surface area (Å²) in [4.78, 5) is 11.3. The Bertz CT molecular complexity index is 616. The number of amides is 1. The van der Waals surface area contributed by atoms with Gasteiger partial charge in [0.2, 0.25) is 0 Å². The Kier molecular flexibility index (Phi) is 5.77. The van der Waals surface area contributed by atoms with Gasteiger partial charge < -0.3 is 10.5 Å². The van der Waals surface area contributed by atoms with Crippen LogP contribution in [-0.4, -0.2) is 11.8 Å². The number of primary amides is 1. The van der Waals surface area contributed by atoms with Gasteiger partial charge in [-0.3, -0.25) is 5.73 Å². The summed E-state index contributed by atoms with van der Waals surface area (Å²) in [7, 11) is 0. The van der Waals surface area contributed by atoms with Crippen molar-refractivity contribution in [1.29, 1.82) is 0 Å². The zero-order chi connectivity index (χ0) is 16.7. The van der Waals surface area contributed by atoms with Gasteiger partial charge in [0.1, 0.15) is 0 Å². The molecule has 4 N–H and O–H groups in total. The van der Waals surface area contributed by atoms with Crippen molar-refractivity contribution in [3.63, 3.8) is 0 Å². The highest BCUT2D eigenvalue weighted by Gasteiger charge is 2.32. The zero-order valence-electron chi connectivity index (χ0n) is 13.4. The predicted molar refractivity (Wildman–Crippen MR) is 91.8 cm³/mol. The molecule has 0 aliphatic carbocycles. The Morgan fingerprint density at radius 3 is 2.17 bits per heavy atom. The SMILES string of the molecule is CC[C@@H](C[C@@](N)(Cc1ccccc1)OC(N)=O)c1ccccc1. The normalized spacial score (nSPS) is 14.7. The van der Waals surface area contributed by atoms with Crippen LogP contribution in [0.5, 0.6) is 0 Å². The summed E-state index contributed by atoms with van der Waals surface area (Å²) in [6.45, 7) is 2.10. The van der Waals surface area contributed by atoms with Crippen LogP contribution in [0, 0.1) is 0 Å². The second kappa shape index (κ2) is 7.79. The quantitative estimate of drug-likeness (QED) is 0.767. The molecule has 2 aromatic carbocycles. The molecule has 0 fully saturated rings. The first kappa shape index (κ1) is 17.0. The maximum absolute atomic E-state index is 11.3. The van der Waals surface area contributed by atoms with Crippen LogP contribution in [-0.2, 0) is 11.2 Å². The Morgan fingerprint density at radius 2 is 1.65 bits per heavy atom. The number of ether oxygens (including phenoxy) is 1. The van der Waals surface area contributed by atoms with Crippen LogP contribution < -0.4 is 11.5 Å². The van der Waals surface area contributed by atoms with Crippen molar-refractivity contribution in [3.05, 3.63) is 71.8 Å². The summed E-state index contributed by atoms with van der Waals surface area (Å²) in [5, 5.41) is 0. The molecule has 0 radical (unpaired) electrons. The van der Waals surface area contributed by atoms with E-state index in [0.717, 1.165) is 12.0 Å². The van der Waals surface area contributed by atoms with Crippen LogP contribution >= 0.6 is 0 Å². The molecule has 2 rings (SSSR count). The lowest BCUT2D eigenvalue weighted by molar-refractivity contribution is 0.00889. The molecule has 122 valence electrons. The van der Waals surface area contributed by atoms with Crippen molar-refractivity contribution in [2.75, 3.05) is 0 Å². The average Bonchev–Trinajstić information content (AvgIpc) is 2.53. The van der Waals surface area contributed by atoms with Crippen LogP contribution in [0.15, 0.2) is 60.7 Å². The van der Waals surface area contributed by atoms with E-state index in [0.29, 0.717) is 12.8 Å². The number of carbonyl (C=O) groups is 1. The number of hydrogen-bond acceptors (Lipinski definition) is 3. The third kappa shape index (κ3) is 5.11. The predicted octanol–water partition coefficient (Wildman–Crippen LogP) is 3.56. The molecule has 2 atom stereocenters. The molecule has 0 aliphatic rings. The first-order valence-corrected chi connectivity index (χ1v) is 7.88. The van der Waals surface area contributed by atoms with Crippen LogP contribution in [0.3, 0.4) is 0 Å². The van der Waals surface area contributed by atoms with E-state index in [1.54, 1.807) is 0 Å². The standard InChI is InChI=1S/C19H24N2O2/c1-2-16(17-11-7-4-8-12-17)14-19(21,23-18(20)22)13-15-9-5-3-6-10-15/h3-12,16H,2,13-14,21H2,1H3,(H2,20,22)/t16-,19+/m0/s1. The molecule has 4 heteroatoms. The molecule has 0 unspecified atom stereocenters. The minimum absolute atomic E-state index is 0.198. The molecule has 0 aromatic heterocycles. The number of benzene rings is 2. The summed E-state index contributed by atoms with van der Waals surface area (Å²) in [6, 6.07) is 19.9. The number of hydrogen-bond donors (Lipinski definition) is 2. The lowest BCUT2D eigenvalue weighted by Crippen LogP contribution is -2.48. The van der Waals surface area contributed by atoms with Crippen molar-refractivity contribution in [2.45, 2.75) is 37.8 Å². The topological polar surface area (TPSA) is 78.3 Å². The monoisotopic (exact) mass is 312 g/mol. The highest BCUT2D eigenvalue weighted by Crippen LogP contribution is 2.30. The van der Waals surface area contributed by atoms with Crippen molar-refractivity contribution >= 4 is 6.09 Å². The summed E-state index contributed by atoms with van der Waals surface area (Å²) in [6.07, 6.45) is 1.01. The van der Waals surface area contributed by atoms with Crippen LogP contribution in [0.1, 0.15) is 36.8 Å². The number of carbonyl (C=O) groups excluding carboxylic acids is 1. The van der Waals surface area contributed by atoms with Gasteiger partial charge in [-0.05, 0) is 23.5 Å². The molecule has 0 saturated carbocycles. The summed E-state index contributed by atoms with van der Waals surface area (Å²) in [5.41, 5.74) is 12.7. The third-order valence-corrected chi connectivity index (χ3v) is 4.01. The first-order valence-electron chi connectivity index (χ1n) is 7.88. The second-order valence-corrected chi connectivity index (χ2v) is 5.87. The molecule has 0 heterocycles. The van der Waals surface area contributed by atoms with Gasteiger partial charge in [0.05, 0.1) is 0 Å². The molecular weight excluding hydrogens is 288 g/mol. The maximum atomic E-state index is 11.3. The van der Waals surface area contributed by atoms with E-state index >= 15 is 0 Å². The zero-order valence-corrected chi connectivity index (χ0v) is 13.4. The third-order valence-electron chi connectivity index (χ3n) is 4.01. The summed E-state index contributed by atoms with van der Waals surface area (Å²) >= 11 is 0. The Labute approximate surface area is 137 Å². The van der Waals surface area contributed by atoms with Crippen LogP contribution in [0.4, 0.5) is 4.79 Å². The number of nitrogens with two attached hydrogens (primary N) is 2. The van der Waals surface area contributed by atoms with E-state index in [4.69, 9.17) is 16.2 Å². The molecule has 0 aliphatic heterocycles. The van der Waals surface area contributed by atoms with Crippen molar-refractivity contribution in [2.24, 2.45) is 11.5 Å². The van der Waals surface area contributed by atoms with E-state index in [1.165, 1.54) is 5.56 Å². The van der Waals surface area contributed by atoms with Gasteiger partial charge >= 0.3 is 6.09 Å². The maximum Gasteiger partial charge on any atom is 0.406 e. The van der Waals surface area contributed by atoms with Gasteiger partial charge in [0.25, 0.3) is 0 Å². The first-order chi connectivity index (χ1) is 11.0. The highest BCUT2D eigenvalue weighted by molar-refractivity contribution is 5.65. The van der Waals surface area contributed by atoms with Gasteiger partial charge in [0, 0.05) is 12.8 Å². The Morgan fingerprint density at radius 1 is 1.09 bits per heavy atom. The lowest BCUT2D eigenvalue weighted by Gasteiger charge is -2.32. The van der Waals surface area contributed by atoms with Crippen molar-refractivity contribution in [3.8, 4) is 0 Å². The largest absolute Gasteiger partial charge is 0.428 e. The summed E-state index contributed by atoms with van der Waals surface area (Å²) in [5.74, 6) is 0.198. The van der Waals surface area contributed by atoms with Gasteiger partial charge in [-0.25, -0.2) is 4.79 Å². The molecule has 1 amide bonds. The number of rotatable bonds is 7. The molecular formula is C19H24N2O2. The fraction of sp³-hybridized carbons (Fsp3) is 0.316. The fourth-order valence-corrected chi connectivity index (χ4v) is 2.93. The Hall–Kier alpha value is -2.33. The smallest absolute Gasteiger partial charge is 0.406 e. The van der Waals surface area contributed by atoms with Crippen LogP contribution in [0.2, 0.25) is 0 Å². The van der Waals surface area contributed by atoms with E-state index < -0.39 is 11.8 Å². The molecule has 4 nitrogen and oxygen atoms in total. The highest BCUT2D eigenvalue weighted by atomic mass is 16.6. The Balaban J connectivity index is 2.21. The minimum Gasteiger partial charge on any atom is -0.428 e. The van der Waals surface area contributed by atoms with E-state index in [9.17, 15) is 4.79 Å². The van der Waals surface area contributed by atoms with Crippen molar-refractivity contribution < 1.29 is 9.53 Å².